The minimum atomic E-state index is -1.01. The standard InChI is InChI=1S/C17H18N2O4S/c1-9-4-5-12(10(2)8-9)17(22)23-11(3)15(21)19-16-13(14(18)20)6-7-24-16/h4-8,11H,1-3H3,(H2,18,20)(H,19,21). The van der Waals surface area contributed by atoms with Crippen molar-refractivity contribution in [2.75, 3.05) is 5.32 Å². The Bertz CT molecular complexity index is 798. The SMILES string of the molecule is Cc1ccc(C(=O)OC(C)C(=O)Nc2sccc2C(N)=O)c(C)c1. The molecule has 2 amide bonds. The van der Waals surface area contributed by atoms with Gasteiger partial charge in [0.2, 0.25) is 0 Å². The first-order valence-electron chi connectivity index (χ1n) is 7.26. The Morgan fingerprint density at radius 3 is 2.50 bits per heavy atom. The van der Waals surface area contributed by atoms with Gasteiger partial charge >= 0.3 is 5.97 Å². The highest BCUT2D eigenvalue weighted by molar-refractivity contribution is 7.14. The summed E-state index contributed by atoms with van der Waals surface area (Å²) in [5.41, 5.74) is 7.68. The van der Waals surface area contributed by atoms with Crippen LogP contribution in [0.3, 0.4) is 0 Å². The second kappa shape index (κ2) is 7.27. The third-order valence-electron chi connectivity index (χ3n) is 3.42. The van der Waals surface area contributed by atoms with Crippen LogP contribution in [0.25, 0.3) is 0 Å². The summed E-state index contributed by atoms with van der Waals surface area (Å²) >= 11 is 1.17. The third kappa shape index (κ3) is 3.99. The van der Waals surface area contributed by atoms with Crippen LogP contribution in [-0.4, -0.2) is 23.9 Å². The van der Waals surface area contributed by atoms with Gasteiger partial charge in [-0.1, -0.05) is 17.7 Å². The lowest BCUT2D eigenvalue weighted by molar-refractivity contribution is -0.123. The van der Waals surface area contributed by atoms with Crippen molar-refractivity contribution in [2.45, 2.75) is 26.9 Å². The predicted molar refractivity (Wildman–Crippen MR) is 92.3 cm³/mol. The molecule has 1 aromatic heterocycles. The van der Waals surface area contributed by atoms with Crippen molar-refractivity contribution < 1.29 is 19.1 Å². The van der Waals surface area contributed by atoms with E-state index < -0.39 is 23.9 Å². The van der Waals surface area contributed by atoms with Gasteiger partial charge in [0.15, 0.2) is 6.10 Å². The number of anilines is 1. The Balaban J connectivity index is 2.04. The van der Waals surface area contributed by atoms with Crippen LogP contribution >= 0.6 is 11.3 Å². The van der Waals surface area contributed by atoms with E-state index in [-0.39, 0.29) is 5.56 Å². The largest absolute Gasteiger partial charge is 0.449 e. The van der Waals surface area contributed by atoms with Crippen molar-refractivity contribution in [1.29, 1.82) is 0 Å². The maximum Gasteiger partial charge on any atom is 0.339 e. The number of carbonyl (C=O) groups is 3. The molecule has 0 bridgehead atoms. The average Bonchev–Trinajstić information content (AvgIpc) is 2.95. The molecule has 126 valence electrons. The number of carbonyl (C=O) groups excluding carboxylic acids is 3. The molecule has 0 aliphatic heterocycles. The first-order valence-corrected chi connectivity index (χ1v) is 8.14. The Morgan fingerprint density at radius 2 is 1.88 bits per heavy atom. The van der Waals surface area contributed by atoms with Gasteiger partial charge in [-0.3, -0.25) is 9.59 Å². The van der Waals surface area contributed by atoms with Crippen LogP contribution in [0.5, 0.6) is 0 Å². The summed E-state index contributed by atoms with van der Waals surface area (Å²) in [5.74, 6) is -1.74. The van der Waals surface area contributed by atoms with E-state index in [1.807, 2.05) is 13.0 Å². The van der Waals surface area contributed by atoms with Gasteiger partial charge in [0.1, 0.15) is 5.00 Å². The van der Waals surface area contributed by atoms with Gasteiger partial charge in [0.05, 0.1) is 11.1 Å². The summed E-state index contributed by atoms with van der Waals surface area (Å²) in [4.78, 5) is 35.6. The van der Waals surface area contributed by atoms with E-state index in [4.69, 9.17) is 10.5 Å². The van der Waals surface area contributed by atoms with Gasteiger partial charge < -0.3 is 15.8 Å². The number of hydrogen-bond donors (Lipinski definition) is 2. The fraction of sp³-hybridized carbons (Fsp3) is 0.235. The molecule has 1 unspecified atom stereocenters. The Labute approximate surface area is 143 Å². The lowest BCUT2D eigenvalue weighted by Gasteiger charge is -2.14. The van der Waals surface area contributed by atoms with Crippen molar-refractivity contribution >= 4 is 34.1 Å². The number of nitrogens with one attached hydrogen (secondary N) is 1. The molecule has 0 spiro atoms. The number of thiophene rings is 1. The maximum atomic E-state index is 12.2. The zero-order chi connectivity index (χ0) is 17.9. The Morgan fingerprint density at radius 1 is 1.17 bits per heavy atom. The van der Waals surface area contributed by atoms with Crippen molar-refractivity contribution in [1.82, 2.24) is 0 Å². The highest BCUT2D eigenvalue weighted by Crippen LogP contribution is 2.23. The van der Waals surface area contributed by atoms with Gasteiger partial charge in [-0.2, -0.15) is 0 Å². The van der Waals surface area contributed by atoms with Crippen molar-refractivity contribution in [3.05, 3.63) is 51.9 Å². The monoisotopic (exact) mass is 346 g/mol. The van der Waals surface area contributed by atoms with Gasteiger partial charge in [-0.05, 0) is 43.8 Å². The molecule has 1 aromatic carbocycles. The number of esters is 1. The van der Waals surface area contributed by atoms with E-state index in [1.54, 1.807) is 24.4 Å². The second-order valence-corrected chi connectivity index (χ2v) is 6.30. The minimum absolute atomic E-state index is 0.223. The lowest BCUT2D eigenvalue weighted by atomic mass is 10.1. The Hall–Kier alpha value is -2.67. The molecule has 0 aliphatic carbocycles. The number of nitrogens with two attached hydrogens (primary N) is 1. The van der Waals surface area contributed by atoms with Crippen LogP contribution in [-0.2, 0) is 9.53 Å². The number of rotatable bonds is 5. The fourth-order valence-corrected chi connectivity index (χ4v) is 2.93. The molecule has 0 radical (unpaired) electrons. The summed E-state index contributed by atoms with van der Waals surface area (Å²) in [6.45, 7) is 5.20. The summed E-state index contributed by atoms with van der Waals surface area (Å²) in [6, 6.07) is 6.86. The van der Waals surface area contributed by atoms with E-state index >= 15 is 0 Å². The third-order valence-corrected chi connectivity index (χ3v) is 4.25. The molecule has 24 heavy (non-hydrogen) atoms. The van der Waals surface area contributed by atoms with Crippen LogP contribution in [0.2, 0.25) is 0 Å². The van der Waals surface area contributed by atoms with Crippen molar-refractivity contribution in [3.8, 4) is 0 Å². The molecule has 0 fully saturated rings. The van der Waals surface area contributed by atoms with Gasteiger partial charge in [0.25, 0.3) is 11.8 Å². The molecule has 2 aromatic rings. The smallest absolute Gasteiger partial charge is 0.339 e. The van der Waals surface area contributed by atoms with Gasteiger partial charge in [0, 0.05) is 0 Å². The molecule has 1 atom stereocenters. The normalized spacial score (nSPS) is 11.6. The summed E-state index contributed by atoms with van der Waals surface area (Å²) in [6.07, 6.45) is -1.01. The van der Waals surface area contributed by atoms with Gasteiger partial charge in [-0.25, -0.2) is 4.79 Å². The van der Waals surface area contributed by atoms with Crippen LogP contribution in [0.1, 0.15) is 38.8 Å². The molecule has 3 N–H and O–H groups in total. The average molecular weight is 346 g/mol. The summed E-state index contributed by atoms with van der Waals surface area (Å²) < 4.78 is 5.21. The van der Waals surface area contributed by atoms with Gasteiger partial charge in [-0.15, -0.1) is 11.3 Å². The minimum Gasteiger partial charge on any atom is -0.449 e. The van der Waals surface area contributed by atoms with Crippen LogP contribution in [0, 0.1) is 13.8 Å². The van der Waals surface area contributed by atoms with Crippen LogP contribution in [0.4, 0.5) is 5.00 Å². The van der Waals surface area contributed by atoms with Crippen LogP contribution in [0.15, 0.2) is 29.6 Å². The molecule has 1 heterocycles. The molecule has 0 saturated carbocycles. The number of hydrogen-bond acceptors (Lipinski definition) is 5. The first kappa shape index (κ1) is 17.7. The number of benzene rings is 1. The zero-order valence-electron chi connectivity index (χ0n) is 13.6. The second-order valence-electron chi connectivity index (χ2n) is 5.38. The van der Waals surface area contributed by atoms with E-state index in [0.717, 1.165) is 11.1 Å². The highest BCUT2D eigenvalue weighted by atomic mass is 32.1. The quantitative estimate of drug-likeness (QED) is 0.813. The molecule has 7 heteroatoms. The molecule has 6 nitrogen and oxygen atoms in total. The highest BCUT2D eigenvalue weighted by Gasteiger charge is 2.22. The maximum absolute atomic E-state index is 12.2. The molecule has 2 rings (SSSR count). The molecular weight excluding hydrogens is 328 g/mol. The summed E-state index contributed by atoms with van der Waals surface area (Å²) in [5, 5.41) is 4.53. The number of primary amides is 1. The van der Waals surface area contributed by atoms with E-state index in [2.05, 4.69) is 5.32 Å². The predicted octanol–water partition coefficient (Wildman–Crippen LogP) is 2.65. The van der Waals surface area contributed by atoms with E-state index in [9.17, 15) is 14.4 Å². The molecular formula is C17H18N2O4S. The summed E-state index contributed by atoms with van der Waals surface area (Å²) in [7, 11) is 0. The number of ether oxygens (including phenoxy) is 1. The lowest BCUT2D eigenvalue weighted by Crippen LogP contribution is -2.30. The fourth-order valence-electron chi connectivity index (χ4n) is 2.13. The number of aryl methyl sites for hydroxylation is 2. The van der Waals surface area contributed by atoms with Crippen molar-refractivity contribution in [2.24, 2.45) is 5.73 Å². The topological polar surface area (TPSA) is 98.5 Å². The van der Waals surface area contributed by atoms with Crippen LogP contribution < -0.4 is 11.1 Å². The number of amides is 2. The first-order chi connectivity index (χ1) is 11.3. The van der Waals surface area contributed by atoms with Crippen molar-refractivity contribution in [3.63, 3.8) is 0 Å². The zero-order valence-corrected chi connectivity index (χ0v) is 14.4. The molecule has 0 saturated heterocycles. The molecule has 0 aliphatic rings. The van der Waals surface area contributed by atoms with E-state index in [0.29, 0.717) is 10.6 Å². The van der Waals surface area contributed by atoms with E-state index in [1.165, 1.54) is 24.3 Å². The Kier molecular flexibility index (Phi) is 5.35.